The highest BCUT2D eigenvalue weighted by molar-refractivity contribution is 5.22. The molecular formula is C13H18N4. The molecule has 0 saturated carbocycles. The molecule has 2 aromatic heterocycles. The van der Waals surface area contributed by atoms with Gasteiger partial charge in [-0.2, -0.15) is 0 Å². The predicted molar refractivity (Wildman–Crippen MR) is 67.7 cm³/mol. The first-order valence-corrected chi connectivity index (χ1v) is 5.90. The molecule has 0 saturated heterocycles. The van der Waals surface area contributed by atoms with E-state index in [1.807, 2.05) is 18.7 Å². The van der Waals surface area contributed by atoms with Crippen LogP contribution in [0.4, 0.5) is 0 Å². The smallest absolute Gasteiger partial charge is 0.0953 e. The van der Waals surface area contributed by atoms with E-state index in [4.69, 9.17) is 0 Å². The average molecular weight is 230 g/mol. The van der Waals surface area contributed by atoms with Crippen LogP contribution in [0.2, 0.25) is 0 Å². The molecule has 0 fully saturated rings. The van der Waals surface area contributed by atoms with Crippen LogP contribution < -0.4 is 5.32 Å². The van der Waals surface area contributed by atoms with E-state index < -0.39 is 0 Å². The number of nitrogens with one attached hydrogen (secondary N) is 1. The summed E-state index contributed by atoms with van der Waals surface area (Å²) in [6, 6.07) is 2.05. The van der Waals surface area contributed by atoms with Gasteiger partial charge in [-0.1, -0.05) is 6.92 Å². The van der Waals surface area contributed by atoms with Crippen LogP contribution in [0.1, 0.15) is 23.7 Å². The van der Waals surface area contributed by atoms with Crippen LogP contribution >= 0.6 is 0 Å². The Labute approximate surface area is 102 Å². The molecular weight excluding hydrogens is 212 g/mol. The number of aryl methyl sites for hydroxylation is 1. The van der Waals surface area contributed by atoms with Crippen molar-refractivity contribution in [2.45, 2.75) is 26.9 Å². The van der Waals surface area contributed by atoms with Crippen LogP contribution in [0.3, 0.4) is 0 Å². The molecule has 2 heterocycles. The fraction of sp³-hybridized carbons (Fsp3) is 0.385. The molecule has 0 amide bonds. The summed E-state index contributed by atoms with van der Waals surface area (Å²) >= 11 is 0. The molecule has 0 aromatic carbocycles. The minimum absolute atomic E-state index is 0.832. The molecule has 0 aliphatic heterocycles. The summed E-state index contributed by atoms with van der Waals surface area (Å²) in [5, 5.41) is 3.27. The van der Waals surface area contributed by atoms with E-state index in [1.54, 1.807) is 0 Å². The van der Waals surface area contributed by atoms with Crippen molar-refractivity contribution >= 4 is 0 Å². The van der Waals surface area contributed by atoms with E-state index in [1.165, 1.54) is 11.1 Å². The van der Waals surface area contributed by atoms with Crippen LogP contribution in [0.25, 0.3) is 0 Å². The second-order valence-electron chi connectivity index (χ2n) is 4.12. The summed E-state index contributed by atoms with van der Waals surface area (Å²) in [5.74, 6) is 0. The highest BCUT2D eigenvalue weighted by atomic mass is 15.0. The van der Waals surface area contributed by atoms with Crippen molar-refractivity contribution in [3.8, 4) is 0 Å². The average Bonchev–Trinajstić information content (AvgIpc) is 2.77. The van der Waals surface area contributed by atoms with Crippen molar-refractivity contribution in [2.24, 2.45) is 0 Å². The van der Waals surface area contributed by atoms with E-state index >= 15 is 0 Å². The van der Waals surface area contributed by atoms with Gasteiger partial charge in [0.25, 0.3) is 0 Å². The number of hydrogen-bond acceptors (Lipinski definition) is 3. The number of imidazole rings is 1. The number of pyridine rings is 1. The molecule has 0 unspecified atom stereocenters. The van der Waals surface area contributed by atoms with Gasteiger partial charge >= 0.3 is 0 Å². The number of hydrogen-bond donors (Lipinski definition) is 1. The monoisotopic (exact) mass is 230 g/mol. The van der Waals surface area contributed by atoms with Crippen molar-refractivity contribution in [3.63, 3.8) is 0 Å². The lowest BCUT2D eigenvalue weighted by Crippen LogP contribution is -2.11. The van der Waals surface area contributed by atoms with Crippen LogP contribution in [0.5, 0.6) is 0 Å². The molecule has 0 atom stereocenters. The fourth-order valence-electron chi connectivity index (χ4n) is 1.71. The maximum absolute atomic E-state index is 4.36. The SMILES string of the molecule is CCNCc1cn(Cc2ccncc2C)cn1. The summed E-state index contributed by atoms with van der Waals surface area (Å²) in [6.07, 6.45) is 7.69. The highest BCUT2D eigenvalue weighted by Crippen LogP contribution is 2.08. The predicted octanol–water partition coefficient (Wildman–Crippen LogP) is 1.74. The first-order chi connectivity index (χ1) is 8.29. The maximum atomic E-state index is 4.36. The van der Waals surface area contributed by atoms with Crippen molar-refractivity contribution in [1.29, 1.82) is 0 Å². The lowest BCUT2D eigenvalue weighted by Gasteiger charge is -2.05. The van der Waals surface area contributed by atoms with Gasteiger partial charge in [0, 0.05) is 31.7 Å². The standard InChI is InChI=1S/C13H18N4/c1-3-14-7-13-9-17(10-16-13)8-12-4-5-15-6-11(12)2/h4-6,9-10,14H,3,7-8H2,1-2H3. The van der Waals surface area contributed by atoms with E-state index in [-0.39, 0.29) is 0 Å². The molecule has 4 nitrogen and oxygen atoms in total. The van der Waals surface area contributed by atoms with Crippen LogP contribution in [-0.2, 0) is 13.1 Å². The Balaban J connectivity index is 2.04. The van der Waals surface area contributed by atoms with E-state index in [0.717, 1.165) is 25.3 Å². The van der Waals surface area contributed by atoms with Gasteiger partial charge in [0.1, 0.15) is 0 Å². The third-order valence-corrected chi connectivity index (χ3v) is 2.73. The molecule has 0 radical (unpaired) electrons. The summed E-state index contributed by atoms with van der Waals surface area (Å²) in [6.45, 7) is 6.83. The highest BCUT2D eigenvalue weighted by Gasteiger charge is 2.01. The maximum Gasteiger partial charge on any atom is 0.0953 e. The second kappa shape index (κ2) is 5.59. The molecule has 0 aliphatic rings. The van der Waals surface area contributed by atoms with E-state index in [0.29, 0.717) is 0 Å². The molecule has 0 aliphatic carbocycles. The summed E-state index contributed by atoms with van der Waals surface area (Å²) in [7, 11) is 0. The Morgan fingerprint density at radius 1 is 1.41 bits per heavy atom. The van der Waals surface area contributed by atoms with Crippen molar-refractivity contribution in [2.75, 3.05) is 6.54 Å². The largest absolute Gasteiger partial charge is 0.333 e. The molecule has 2 rings (SSSR count). The first-order valence-electron chi connectivity index (χ1n) is 5.90. The summed E-state index contributed by atoms with van der Waals surface area (Å²) in [4.78, 5) is 8.46. The van der Waals surface area contributed by atoms with Gasteiger partial charge in [0.15, 0.2) is 0 Å². The van der Waals surface area contributed by atoms with Gasteiger partial charge in [-0.25, -0.2) is 4.98 Å². The van der Waals surface area contributed by atoms with Crippen LogP contribution in [-0.4, -0.2) is 21.1 Å². The van der Waals surface area contributed by atoms with Crippen molar-refractivity contribution in [1.82, 2.24) is 19.9 Å². The zero-order chi connectivity index (χ0) is 12.1. The normalized spacial score (nSPS) is 10.7. The molecule has 0 bridgehead atoms. The molecule has 4 heteroatoms. The molecule has 2 aromatic rings. The number of rotatable bonds is 5. The zero-order valence-corrected chi connectivity index (χ0v) is 10.3. The third-order valence-electron chi connectivity index (χ3n) is 2.73. The first kappa shape index (κ1) is 11.8. The Morgan fingerprint density at radius 3 is 3.06 bits per heavy atom. The van der Waals surface area contributed by atoms with Gasteiger partial charge in [-0.05, 0) is 30.7 Å². The summed E-state index contributed by atoms with van der Waals surface area (Å²) < 4.78 is 2.11. The summed E-state index contributed by atoms with van der Waals surface area (Å²) in [5.41, 5.74) is 3.58. The Bertz CT molecular complexity index is 476. The van der Waals surface area contributed by atoms with Gasteiger partial charge < -0.3 is 9.88 Å². The molecule has 17 heavy (non-hydrogen) atoms. The van der Waals surface area contributed by atoms with Crippen LogP contribution in [0.15, 0.2) is 31.0 Å². The fourth-order valence-corrected chi connectivity index (χ4v) is 1.71. The second-order valence-corrected chi connectivity index (χ2v) is 4.12. The molecule has 1 N–H and O–H groups in total. The van der Waals surface area contributed by atoms with E-state index in [9.17, 15) is 0 Å². The topological polar surface area (TPSA) is 42.7 Å². The number of aromatic nitrogens is 3. The lowest BCUT2D eigenvalue weighted by atomic mass is 10.1. The minimum Gasteiger partial charge on any atom is -0.333 e. The molecule has 0 spiro atoms. The number of nitrogens with zero attached hydrogens (tertiary/aromatic N) is 3. The van der Waals surface area contributed by atoms with Crippen molar-refractivity contribution < 1.29 is 0 Å². The third kappa shape index (κ3) is 3.14. The van der Waals surface area contributed by atoms with Gasteiger partial charge in [-0.3, -0.25) is 4.98 Å². The zero-order valence-electron chi connectivity index (χ0n) is 10.3. The van der Waals surface area contributed by atoms with Gasteiger partial charge in [-0.15, -0.1) is 0 Å². The van der Waals surface area contributed by atoms with Crippen LogP contribution in [0, 0.1) is 6.92 Å². The lowest BCUT2D eigenvalue weighted by molar-refractivity contribution is 0.712. The minimum atomic E-state index is 0.832. The van der Waals surface area contributed by atoms with Gasteiger partial charge in [0.2, 0.25) is 0 Å². The van der Waals surface area contributed by atoms with Gasteiger partial charge in [0.05, 0.1) is 12.0 Å². The quantitative estimate of drug-likeness (QED) is 0.851. The van der Waals surface area contributed by atoms with Crippen molar-refractivity contribution in [3.05, 3.63) is 47.8 Å². The Hall–Kier alpha value is -1.68. The Morgan fingerprint density at radius 2 is 2.29 bits per heavy atom. The Kier molecular flexibility index (Phi) is 3.88. The van der Waals surface area contributed by atoms with E-state index in [2.05, 4.69) is 46.0 Å². The molecule has 90 valence electrons.